The maximum atomic E-state index is 5.60. The topological polar surface area (TPSA) is 63.8 Å². The van der Waals surface area contributed by atoms with Gasteiger partial charge in [-0.1, -0.05) is 13.3 Å². The number of anilines is 2. The van der Waals surface area contributed by atoms with Gasteiger partial charge >= 0.3 is 0 Å². The van der Waals surface area contributed by atoms with Gasteiger partial charge in [-0.2, -0.15) is 4.98 Å². The smallest absolute Gasteiger partial charge is 0.222 e. The minimum atomic E-state index is 0.386. The highest BCUT2D eigenvalue weighted by Crippen LogP contribution is 2.23. The van der Waals surface area contributed by atoms with Crippen molar-refractivity contribution < 1.29 is 0 Å². The molecule has 0 unspecified atom stereocenters. The highest BCUT2D eigenvalue weighted by atomic mass is 15.1. The summed E-state index contributed by atoms with van der Waals surface area (Å²) in [6, 6.07) is 0. The fraction of sp³-hybridized carbons (Fsp3) is 0.556. The second kappa shape index (κ2) is 3.20. The number of aromatic nitrogens is 2. The van der Waals surface area contributed by atoms with Crippen molar-refractivity contribution in [2.45, 2.75) is 26.2 Å². The van der Waals surface area contributed by atoms with Gasteiger partial charge in [0.25, 0.3) is 0 Å². The van der Waals surface area contributed by atoms with Crippen molar-refractivity contribution in [2.75, 3.05) is 17.6 Å². The molecule has 0 saturated heterocycles. The second-order valence-corrected chi connectivity index (χ2v) is 3.28. The van der Waals surface area contributed by atoms with E-state index >= 15 is 0 Å². The van der Waals surface area contributed by atoms with Crippen molar-refractivity contribution in [1.29, 1.82) is 0 Å². The van der Waals surface area contributed by atoms with E-state index in [1.165, 1.54) is 5.56 Å². The van der Waals surface area contributed by atoms with E-state index in [0.717, 1.165) is 37.3 Å². The van der Waals surface area contributed by atoms with E-state index < -0.39 is 0 Å². The zero-order valence-corrected chi connectivity index (χ0v) is 7.80. The number of rotatable bonds is 2. The maximum Gasteiger partial charge on any atom is 0.222 e. The Labute approximate surface area is 77.6 Å². The number of aryl methyl sites for hydroxylation is 1. The number of hydrogen-bond donors (Lipinski definition) is 2. The summed E-state index contributed by atoms with van der Waals surface area (Å²) in [7, 11) is 0. The zero-order valence-electron chi connectivity index (χ0n) is 7.80. The third-order valence-corrected chi connectivity index (χ3v) is 2.26. The van der Waals surface area contributed by atoms with Crippen LogP contribution in [-0.2, 0) is 12.8 Å². The number of nitrogens with zero attached hydrogens (tertiary/aromatic N) is 2. The first-order valence-electron chi connectivity index (χ1n) is 4.70. The lowest BCUT2D eigenvalue weighted by atomic mass is 10.1. The van der Waals surface area contributed by atoms with Crippen LogP contribution in [-0.4, -0.2) is 16.5 Å². The van der Waals surface area contributed by atoms with Gasteiger partial charge in [-0.05, 0) is 12.8 Å². The van der Waals surface area contributed by atoms with E-state index in [0.29, 0.717) is 5.95 Å². The molecule has 1 aromatic rings. The number of nitrogens with two attached hydrogens (primary N) is 1. The van der Waals surface area contributed by atoms with Gasteiger partial charge in [-0.15, -0.1) is 0 Å². The lowest BCUT2D eigenvalue weighted by Crippen LogP contribution is -2.03. The van der Waals surface area contributed by atoms with E-state index in [-0.39, 0.29) is 0 Å². The Hall–Kier alpha value is -1.32. The number of hydrogen-bond acceptors (Lipinski definition) is 4. The van der Waals surface area contributed by atoms with Crippen LogP contribution in [0.15, 0.2) is 0 Å². The highest BCUT2D eigenvalue weighted by Gasteiger charge is 2.17. The summed E-state index contributed by atoms with van der Waals surface area (Å²) in [5, 5.41) is 3.21. The van der Waals surface area contributed by atoms with Crippen LogP contribution in [0.25, 0.3) is 0 Å². The van der Waals surface area contributed by atoms with Crippen LogP contribution >= 0.6 is 0 Å². The molecule has 0 spiro atoms. The molecule has 2 heterocycles. The molecule has 1 aromatic heterocycles. The number of fused-ring (bicyclic) bond motifs is 1. The van der Waals surface area contributed by atoms with Crippen molar-refractivity contribution in [2.24, 2.45) is 0 Å². The van der Waals surface area contributed by atoms with Crippen LogP contribution in [0.4, 0.5) is 11.8 Å². The second-order valence-electron chi connectivity index (χ2n) is 3.28. The largest absolute Gasteiger partial charge is 0.369 e. The Morgan fingerprint density at radius 3 is 3.08 bits per heavy atom. The van der Waals surface area contributed by atoms with Gasteiger partial charge < -0.3 is 11.1 Å². The van der Waals surface area contributed by atoms with E-state index in [1.807, 2.05) is 0 Å². The molecule has 4 nitrogen and oxygen atoms in total. The molecule has 0 atom stereocenters. The van der Waals surface area contributed by atoms with Crippen LogP contribution in [0.3, 0.4) is 0 Å². The van der Waals surface area contributed by atoms with Gasteiger partial charge in [0.1, 0.15) is 5.82 Å². The molecule has 4 heteroatoms. The van der Waals surface area contributed by atoms with Gasteiger partial charge in [0.2, 0.25) is 5.95 Å². The number of nitrogens with one attached hydrogen (secondary N) is 1. The van der Waals surface area contributed by atoms with Gasteiger partial charge in [-0.3, -0.25) is 0 Å². The normalized spacial score (nSPS) is 13.9. The molecule has 0 aromatic carbocycles. The average molecular weight is 178 g/mol. The highest BCUT2D eigenvalue weighted by molar-refractivity contribution is 5.53. The lowest BCUT2D eigenvalue weighted by molar-refractivity contribution is 0.859. The van der Waals surface area contributed by atoms with Gasteiger partial charge in [0.15, 0.2) is 0 Å². The third-order valence-electron chi connectivity index (χ3n) is 2.26. The van der Waals surface area contributed by atoms with Crippen molar-refractivity contribution in [1.82, 2.24) is 9.97 Å². The summed E-state index contributed by atoms with van der Waals surface area (Å²) in [4.78, 5) is 8.41. The van der Waals surface area contributed by atoms with Gasteiger partial charge in [-0.25, -0.2) is 4.98 Å². The quantitative estimate of drug-likeness (QED) is 0.708. The summed E-state index contributed by atoms with van der Waals surface area (Å²) in [6.45, 7) is 3.11. The fourth-order valence-electron chi connectivity index (χ4n) is 1.71. The summed E-state index contributed by atoms with van der Waals surface area (Å²) < 4.78 is 0. The molecule has 3 N–H and O–H groups in total. The fourth-order valence-corrected chi connectivity index (χ4v) is 1.71. The molecular formula is C9H14N4. The molecule has 0 saturated carbocycles. The van der Waals surface area contributed by atoms with Crippen LogP contribution in [0, 0.1) is 0 Å². The summed E-state index contributed by atoms with van der Waals surface area (Å²) in [5.74, 6) is 1.33. The summed E-state index contributed by atoms with van der Waals surface area (Å²) >= 11 is 0. The minimum Gasteiger partial charge on any atom is -0.369 e. The predicted molar refractivity (Wildman–Crippen MR) is 52.6 cm³/mol. The standard InChI is InChI=1S/C9H14N4/c1-2-3-7-6-4-5-11-8(6)13-9(10)12-7/h2-5H2,1H3,(H3,10,11,12,13). The molecule has 0 bridgehead atoms. The molecule has 0 amide bonds. The Bertz CT molecular complexity index is 322. The van der Waals surface area contributed by atoms with Crippen molar-refractivity contribution in [3.63, 3.8) is 0 Å². The summed E-state index contributed by atoms with van der Waals surface area (Å²) in [5.41, 5.74) is 7.98. The van der Waals surface area contributed by atoms with Gasteiger partial charge in [0, 0.05) is 12.1 Å². The van der Waals surface area contributed by atoms with E-state index in [9.17, 15) is 0 Å². The Morgan fingerprint density at radius 2 is 2.31 bits per heavy atom. The van der Waals surface area contributed by atoms with Crippen LogP contribution in [0.2, 0.25) is 0 Å². The first kappa shape index (κ1) is 8.29. The molecule has 13 heavy (non-hydrogen) atoms. The maximum absolute atomic E-state index is 5.60. The van der Waals surface area contributed by atoms with Crippen LogP contribution < -0.4 is 11.1 Å². The molecule has 1 aliphatic rings. The first-order valence-corrected chi connectivity index (χ1v) is 4.70. The molecule has 2 rings (SSSR count). The third kappa shape index (κ3) is 1.43. The average Bonchev–Trinajstić information content (AvgIpc) is 2.52. The Balaban J connectivity index is 2.43. The van der Waals surface area contributed by atoms with Crippen LogP contribution in [0.1, 0.15) is 24.6 Å². The molecule has 0 fully saturated rings. The van der Waals surface area contributed by atoms with Crippen LogP contribution in [0.5, 0.6) is 0 Å². The monoisotopic (exact) mass is 178 g/mol. The van der Waals surface area contributed by atoms with E-state index in [1.54, 1.807) is 0 Å². The van der Waals surface area contributed by atoms with Crippen molar-refractivity contribution in [3.8, 4) is 0 Å². The van der Waals surface area contributed by atoms with E-state index in [2.05, 4.69) is 22.2 Å². The van der Waals surface area contributed by atoms with Crippen molar-refractivity contribution >= 4 is 11.8 Å². The van der Waals surface area contributed by atoms with Gasteiger partial charge in [0.05, 0.1) is 5.69 Å². The molecule has 0 radical (unpaired) electrons. The lowest BCUT2D eigenvalue weighted by Gasteiger charge is -2.05. The summed E-state index contributed by atoms with van der Waals surface area (Å²) in [6.07, 6.45) is 3.13. The molecule has 70 valence electrons. The van der Waals surface area contributed by atoms with Crippen molar-refractivity contribution in [3.05, 3.63) is 11.3 Å². The molecular weight excluding hydrogens is 164 g/mol. The SMILES string of the molecule is CCCc1nc(N)nc2c1CCN2. The predicted octanol–water partition coefficient (Wildman–Crippen LogP) is 0.979. The number of nitrogen functional groups attached to an aromatic ring is 1. The molecule has 1 aliphatic heterocycles. The minimum absolute atomic E-state index is 0.386. The Morgan fingerprint density at radius 1 is 1.46 bits per heavy atom. The molecule has 0 aliphatic carbocycles. The Kier molecular flexibility index (Phi) is 2.04. The zero-order chi connectivity index (χ0) is 9.26. The van der Waals surface area contributed by atoms with E-state index in [4.69, 9.17) is 5.73 Å². The first-order chi connectivity index (χ1) is 6.31.